The Morgan fingerprint density at radius 2 is 1.25 bits per heavy atom. The van der Waals surface area contributed by atoms with E-state index in [1.54, 1.807) is 0 Å². The molecule has 0 radical (unpaired) electrons. The molecule has 0 aromatic heterocycles. The molecule has 29 heteroatoms. The van der Waals surface area contributed by atoms with Crippen LogP contribution in [0.1, 0.15) is 143 Å². The molecule has 3 aliphatic rings. The van der Waals surface area contributed by atoms with Gasteiger partial charge >= 0.3 is 0 Å². The van der Waals surface area contributed by atoms with Crippen LogP contribution >= 0.6 is 0 Å². The van der Waals surface area contributed by atoms with E-state index in [9.17, 15) is 74.4 Å². The van der Waals surface area contributed by atoms with E-state index < -0.39 is 158 Å². The summed E-state index contributed by atoms with van der Waals surface area (Å²) >= 11 is 0. The van der Waals surface area contributed by atoms with Gasteiger partial charge in [-0.3, -0.25) is 48.5 Å². The first-order chi connectivity index (χ1) is 40.0. The van der Waals surface area contributed by atoms with Gasteiger partial charge < -0.3 is 98.9 Å². The Kier molecular flexibility index (Phi) is 33.6. The van der Waals surface area contributed by atoms with Gasteiger partial charge in [0.25, 0.3) is 11.9 Å². The van der Waals surface area contributed by atoms with E-state index in [2.05, 4.69) is 52.7 Å². The van der Waals surface area contributed by atoms with Gasteiger partial charge in [0.05, 0.1) is 30.5 Å². The Balaban J connectivity index is 0.00000289. The average molecular weight is 1210 g/mol. The molecule has 16 atom stereocenters. The maximum absolute atomic E-state index is 14.6. The van der Waals surface area contributed by atoms with Gasteiger partial charge in [-0.2, -0.15) is 0 Å². The van der Waals surface area contributed by atoms with Crippen LogP contribution in [0.5, 0.6) is 5.75 Å². The van der Waals surface area contributed by atoms with E-state index in [0.717, 1.165) is 69.1 Å². The van der Waals surface area contributed by atoms with Crippen LogP contribution < -0.4 is 43.4 Å². The van der Waals surface area contributed by atoms with Crippen molar-refractivity contribution in [3.8, 4) is 5.75 Å². The fourth-order valence-electron chi connectivity index (χ4n) is 10.2. The highest BCUT2D eigenvalue weighted by atomic mass is 16.4. The number of aliphatic hydroxyl groups excluding tert-OH is 7. The van der Waals surface area contributed by atoms with Gasteiger partial charge in [-0.1, -0.05) is 77.8 Å². The van der Waals surface area contributed by atoms with Crippen LogP contribution in [0.15, 0.2) is 24.3 Å². The number of nitrogens with two attached hydrogens (primary N) is 2. The van der Waals surface area contributed by atoms with Crippen molar-refractivity contribution in [3.05, 3.63) is 29.8 Å². The van der Waals surface area contributed by atoms with E-state index in [0.29, 0.717) is 24.7 Å². The van der Waals surface area contributed by atoms with Crippen LogP contribution in [0.25, 0.3) is 0 Å². The second-order valence-corrected chi connectivity index (χ2v) is 22.3. The Bertz CT molecular complexity index is 2270. The number of carbonyl (C=O) groups is 9. The molecule has 3 fully saturated rings. The zero-order chi connectivity index (χ0) is 64.2. The highest BCUT2D eigenvalue weighted by Gasteiger charge is 2.49. The van der Waals surface area contributed by atoms with Gasteiger partial charge in [-0.15, -0.1) is 0 Å². The van der Waals surface area contributed by atoms with E-state index in [4.69, 9.17) is 31.3 Å². The number of carboxylic acid groups (broad SMARTS) is 2. The molecule has 3 saturated heterocycles. The van der Waals surface area contributed by atoms with E-state index in [1.165, 1.54) is 30.7 Å². The minimum atomic E-state index is -2.28. The van der Waals surface area contributed by atoms with Crippen molar-refractivity contribution in [2.75, 3.05) is 32.7 Å². The summed E-state index contributed by atoms with van der Waals surface area (Å²) in [7, 11) is 0. The van der Waals surface area contributed by atoms with Crippen molar-refractivity contribution in [1.82, 2.24) is 41.7 Å². The molecule has 0 bridgehead atoms. The number of nitrogens with one attached hydrogen (secondary N) is 6. The fraction of sp³-hybridized carbons (Fsp3) is 0.732. The van der Waals surface area contributed by atoms with Crippen LogP contribution in [0.4, 0.5) is 0 Å². The predicted molar refractivity (Wildman–Crippen MR) is 307 cm³/mol. The Labute approximate surface area is 496 Å². The molecule has 3 heterocycles. The van der Waals surface area contributed by atoms with E-state index >= 15 is 0 Å². The average Bonchev–Trinajstić information content (AvgIpc) is 2.52. The molecule has 4 rings (SSSR count). The Hall–Kier alpha value is -6.15. The number of hydrogen-bond acceptors (Lipinski definition) is 20. The van der Waals surface area contributed by atoms with Crippen molar-refractivity contribution in [2.45, 2.75) is 217 Å². The molecule has 3 aliphatic heterocycles. The molecular formula is C56H96N10O19. The molecule has 7 amide bonds. The summed E-state index contributed by atoms with van der Waals surface area (Å²) < 4.78 is 0. The number of carboxylic acids is 2. The summed E-state index contributed by atoms with van der Waals surface area (Å²) in [5, 5.41) is 119. The number of aliphatic hydroxyl groups is 7. The Morgan fingerprint density at radius 3 is 1.82 bits per heavy atom. The number of nitrogens with zero attached hydrogens (tertiary/aromatic N) is 2. The van der Waals surface area contributed by atoms with Gasteiger partial charge in [0.2, 0.25) is 41.4 Å². The smallest absolute Gasteiger partial charge is 0.300 e. The second-order valence-electron chi connectivity index (χ2n) is 22.3. The summed E-state index contributed by atoms with van der Waals surface area (Å²) in [6.45, 7) is 8.90. The molecule has 0 saturated carbocycles. The van der Waals surface area contributed by atoms with E-state index in [-0.39, 0.29) is 56.8 Å². The molecular weight excluding hydrogens is 1120 g/mol. The summed E-state index contributed by atoms with van der Waals surface area (Å²) in [5.41, 5.74) is 11.5. The second kappa shape index (κ2) is 38.1. The molecule has 1 aromatic carbocycles. The van der Waals surface area contributed by atoms with Gasteiger partial charge in [-0.05, 0) is 68.7 Å². The number of aromatic hydroxyl groups is 1. The molecule has 0 aliphatic carbocycles. The first-order valence-electron chi connectivity index (χ1n) is 29.2. The number of aliphatic carboxylic acids is 2. The number of fused-ring (bicyclic) bond motifs is 2. The lowest BCUT2D eigenvalue weighted by molar-refractivity contribution is -0.148. The lowest BCUT2D eigenvalue weighted by Gasteiger charge is -2.35. The van der Waals surface area contributed by atoms with Crippen LogP contribution in [-0.2, 0) is 43.2 Å². The number of phenolic OH excluding ortho intramolecular Hbond substituents is 1. The summed E-state index contributed by atoms with van der Waals surface area (Å²) in [4.78, 5) is 120. The highest BCUT2D eigenvalue weighted by molar-refractivity contribution is 5.98. The first-order valence-corrected chi connectivity index (χ1v) is 29.2. The molecule has 29 nitrogen and oxygen atoms in total. The Morgan fingerprint density at radius 1 is 0.682 bits per heavy atom. The lowest BCUT2D eigenvalue weighted by Crippen LogP contribution is -2.65. The monoisotopic (exact) mass is 1210 g/mol. The number of rotatable bonds is 23. The van der Waals surface area contributed by atoms with Crippen LogP contribution in [-0.4, -0.2) is 226 Å². The van der Waals surface area contributed by atoms with E-state index in [1.807, 2.05) is 0 Å². The summed E-state index contributed by atoms with van der Waals surface area (Å²) in [6, 6.07) is -6.40. The van der Waals surface area contributed by atoms with Crippen molar-refractivity contribution >= 4 is 53.3 Å². The molecule has 0 unspecified atom stereocenters. The molecule has 85 heavy (non-hydrogen) atoms. The first kappa shape index (κ1) is 74.9. The third-order valence-electron chi connectivity index (χ3n) is 14.9. The number of phenols is 1. The maximum atomic E-state index is 14.6. The summed E-state index contributed by atoms with van der Waals surface area (Å²) in [5.74, 6) is -8.10. The van der Waals surface area contributed by atoms with Gasteiger partial charge in [0, 0.05) is 59.3 Å². The van der Waals surface area contributed by atoms with Crippen molar-refractivity contribution < 1.29 is 94.2 Å². The quantitative estimate of drug-likeness (QED) is 0.0482. The van der Waals surface area contributed by atoms with Crippen molar-refractivity contribution in [2.24, 2.45) is 23.3 Å². The maximum Gasteiger partial charge on any atom is 0.300 e. The third-order valence-corrected chi connectivity index (χ3v) is 14.9. The van der Waals surface area contributed by atoms with Gasteiger partial charge in [-0.25, -0.2) is 0 Å². The largest absolute Gasteiger partial charge is 0.508 e. The summed E-state index contributed by atoms with van der Waals surface area (Å²) in [6.07, 6.45) is -6.95. The van der Waals surface area contributed by atoms with Gasteiger partial charge in [0.1, 0.15) is 60.4 Å². The van der Waals surface area contributed by atoms with Crippen LogP contribution in [0.3, 0.4) is 0 Å². The zero-order valence-electron chi connectivity index (χ0n) is 49.7. The third kappa shape index (κ3) is 25.4. The minimum Gasteiger partial charge on any atom is -0.508 e. The lowest BCUT2D eigenvalue weighted by atomic mass is 9.91. The fourth-order valence-corrected chi connectivity index (χ4v) is 10.2. The normalized spacial score (nSPS) is 26.5. The topological polar surface area (TPSA) is 487 Å². The SMILES string of the molecule is CC(=O)O.CC(=O)O.CC[C@@H](C)C[C@@H](C)CCCCCCCCC(=O)N[C@H]1C[C@H](O)[C@@H](NCCN)NC(=O)[C@@H]2[C@@H](O)CCN2C(=O)[C@@H]([C@H](O)CCN)NC(=O)[C@H]([C@H](O)[C@@H](O)c2ccc(O)cc2)NC(=O)[C@@H]2C[C@@H](O)CN2C(=O)[C@H]([C@@H](C)O)NC1=O. The van der Waals surface area contributed by atoms with Gasteiger partial charge in [0.15, 0.2) is 0 Å². The molecule has 1 aromatic rings. The highest BCUT2D eigenvalue weighted by Crippen LogP contribution is 2.27. The standard InChI is InChI=1S/C52H88N10O15.2C2H4O2/c1-5-28(2)24-29(3)12-10-8-6-7-9-11-13-39(69)56-34-26-38(68)46(55-22-21-54)60-50(75)43-37(67)19-23-61(43)52(77)41(36(66)18-20-53)58-49(74)42(45(71)44(70)31-14-16-32(64)17-15-31)59-48(73)35-25-33(65)27-62(35)51(76)40(30(4)63)57-47(34)72;2*1-2(3)4/h14-17,28-30,33-38,40-46,55,63-68,70-71H,5-13,18-27,53-54H2,1-4H3,(H,56,69)(H,57,72)(H,58,74)(H,59,73)(H,60,75);2*1H3,(H,3,4)/t28-,29+,30-,33-,34+,35+,36-,37+,38+,40+,41-,42+,43+,44+,45+,46+;;/m1../s1. The number of unbranched alkanes of at least 4 members (excludes halogenated alkanes) is 5. The number of benzene rings is 1. The van der Waals surface area contributed by atoms with Crippen LogP contribution in [0.2, 0.25) is 0 Å². The van der Waals surface area contributed by atoms with Crippen LogP contribution in [0, 0.1) is 11.8 Å². The predicted octanol–water partition coefficient (Wildman–Crippen LogP) is -3.13. The van der Waals surface area contributed by atoms with Crippen molar-refractivity contribution in [3.63, 3.8) is 0 Å². The molecule has 484 valence electrons. The molecule has 20 N–H and O–H groups in total. The zero-order valence-corrected chi connectivity index (χ0v) is 49.7. The number of hydrogen-bond donors (Lipinski definition) is 18. The van der Waals surface area contributed by atoms with Crippen molar-refractivity contribution in [1.29, 1.82) is 0 Å². The number of amides is 7. The molecule has 0 spiro atoms. The number of carbonyl (C=O) groups excluding carboxylic acids is 7. The minimum absolute atomic E-state index is 0.0257.